The smallest absolute Gasteiger partial charge is 0.336 e. The van der Waals surface area contributed by atoms with Gasteiger partial charge in [-0.05, 0) is 69.2 Å². The van der Waals surface area contributed by atoms with Crippen LogP contribution in [0, 0.1) is 0 Å². The average Bonchev–Trinajstić information content (AvgIpc) is 3.14. The van der Waals surface area contributed by atoms with Crippen molar-refractivity contribution in [3.8, 4) is 57.5 Å². The van der Waals surface area contributed by atoms with Gasteiger partial charge >= 0.3 is 11.9 Å². The van der Waals surface area contributed by atoms with Gasteiger partial charge in [0.05, 0.1) is 64.0 Å². The van der Waals surface area contributed by atoms with E-state index in [2.05, 4.69) is 13.2 Å². The Kier molecular flexibility index (Phi) is 19.0. The van der Waals surface area contributed by atoms with E-state index in [1.807, 2.05) is 69.2 Å². The lowest BCUT2D eigenvalue weighted by molar-refractivity contribution is -0.157. The summed E-state index contributed by atoms with van der Waals surface area (Å²) < 4.78 is 75.0. The van der Waals surface area contributed by atoms with E-state index < -0.39 is 29.9 Å². The van der Waals surface area contributed by atoms with Crippen molar-refractivity contribution in [1.29, 1.82) is 0 Å². The Morgan fingerprint density at radius 2 is 0.649 bits per heavy atom. The Bertz CT molecular complexity index is 1500. The highest BCUT2D eigenvalue weighted by Gasteiger charge is 2.45. The number of ether oxygens (including phenoxy) is 12. The van der Waals surface area contributed by atoms with E-state index in [1.54, 1.807) is 27.7 Å². The number of hydrogen-bond donors (Lipinski definition) is 0. The fourth-order valence-corrected chi connectivity index (χ4v) is 5.87. The van der Waals surface area contributed by atoms with E-state index in [9.17, 15) is 9.59 Å². The second-order valence-corrected chi connectivity index (χ2v) is 12.9. The van der Waals surface area contributed by atoms with Gasteiger partial charge in [0, 0.05) is 30.4 Å². The summed E-state index contributed by atoms with van der Waals surface area (Å²) in [4.78, 5) is 25.1. The van der Waals surface area contributed by atoms with Crippen LogP contribution in [0.3, 0.4) is 0 Å². The van der Waals surface area contributed by atoms with Gasteiger partial charge < -0.3 is 56.8 Å². The summed E-state index contributed by atoms with van der Waals surface area (Å²) in [6.45, 7) is 33.8. The lowest BCUT2D eigenvalue weighted by Crippen LogP contribution is -2.27. The molecule has 14 nitrogen and oxygen atoms in total. The Morgan fingerprint density at radius 1 is 0.439 bits per heavy atom. The van der Waals surface area contributed by atoms with Gasteiger partial charge in [-0.3, -0.25) is 0 Å². The van der Waals surface area contributed by atoms with Crippen molar-refractivity contribution in [2.45, 2.75) is 115 Å². The number of rotatable bonds is 26. The summed E-state index contributed by atoms with van der Waals surface area (Å²) >= 11 is 0. The van der Waals surface area contributed by atoms with Crippen LogP contribution in [-0.2, 0) is 24.5 Å². The quantitative estimate of drug-likeness (QED) is 0.0507. The second kappa shape index (κ2) is 22.6. The summed E-state index contributed by atoms with van der Waals surface area (Å²) in [7, 11) is 0. The van der Waals surface area contributed by atoms with Crippen molar-refractivity contribution in [3.63, 3.8) is 0 Å². The number of benzene rings is 2. The zero-order chi connectivity index (χ0) is 43.0. The van der Waals surface area contributed by atoms with E-state index in [4.69, 9.17) is 56.8 Å². The molecule has 0 N–H and O–H groups in total. The topological polar surface area (TPSA) is 145 Å². The highest BCUT2D eigenvalue weighted by atomic mass is 16.7. The minimum Gasteiger partial charge on any atom is -0.489 e. The fourth-order valence-electron chi connectivity index (χ4n) is 5.87. The Labute approximate surface area is 338 Å². The maximum absolute atomic E-state index is 12.5. The van der Waals surface area contributed by atoms with Gasteiger partial charge in [-0.2, -0.15) is 0 Å². The summed E-state index contributed by atoms with van der Waals surface area (Å²) in [5.74, 6) is 0.767. The number of esters is 2. The molecule has 0 radical (unpaired) electrons. The SMILES string of the molecule is C=C(C)C(=O)OC(C)Oc1c(OCC)c(OCC)c(C(C)(C)c2c(OCC)c(OCC)c(OC(C)OC(=O)C(=C)C)c(OCC)c2OCC)c(OCC)c1OCC. The molecule has 320 valence electrons. The van der Waals surface area contributed by atoms with E-state index in [1.165, 1.54) is 0 Å². The van der Waals surface area contributed by atoms with Crippen molar-refractivity contribution in [1.82, 2.24) is 0 Å². The first-order valence-corrected chi connectivity index (χ1v) is 19.6. The molecular formula is C43H64O14. The highest BCUT2D eigenvalue weighted by Crippen LogP contribution is 2.64. The van der Waals surface area contributed by atoms with Gasteiger partial charge in [0.15, 0.2) is 23.0 Å². The zero-order valence-corrected chi connectivity index (χ0v) is 36.4. The Balaban J connectivity index is 3.36. The third-order valence-corrected chi connectivity index (χ3v) is 7.93. The molecule has 0 saturated heterocycles. The van der Waals surface area contributed by atoms with Crippen LogP contribution in [0.25, 0.3) is 0 Å². The predicted molar refractivity (Wildman–Crippen MR) is 216 cm³/mol. The van der Waals surface area contributed by atoms with Crippen molar-refractivity contribution in [3.05, 3.63) is 35.4 Å². The third-order valence-electron chi connectivity index (χ3n) is 7.93. The van der Waals surface area contributed by atoms with Gasteiger partial charge in [-0.25, -0.2) is 9.59 Å². The number of carbonyl (C=O) groups excluding carboxylic acids is 2. The maximum atomic E-state index is 12.5. The van der Waals surface area contributed by atoms with Crippen LogP contribution in [0.1, 0.15) is 108 Å². The normalized spacial score (nSPS) is 12.0. The molecule has 0 heterocycles. The lowest BCUT2D eigenvalue weighted by Gasteiger charge is -2.36. The third kappa shape index (κ3) is 11.5. The largest absolute Gasteiger partial charge is 0.489 e. The average molecular weight is 805 g/mol. The Morgan fingerprint density at radius 3 is 0.842 bits per heavy atom. The number of hydrogen-bond acceptors (Lipinski definition) is 14. The molecule has 2 aromatic carbocycles. The van der Waals surface area contributed by atoms with Crippen LogP contribution in [0.5, 0.6) is 57.5 Å². The van der Waals surface area contributed by atoms with Crippen LogP contribution in [0.2, 0.25) is 0 Å². The van der Waals surface area contributed by atoms with Crippen LogP contribution in [-0.4, -0.2) is 77.4 Å². The van der Waals surface area contributed by atoms with Crippen molar-refractivity contribution in [2.24, 2.45) is 0 Å². The fraction of sp³-hybridized carbons (Fsp3) is 0.581. The van der Waals surface area contributed by atoms with E-state index in [0.29, 0.717) is 11.1 Å². The first-order chi connectivity index (χ1) is 27.1. The molecule has 2 atom stereocenters. The van der Waals surface area contributed by atoms with Crippen molar-refractivity contribution in [2.75, 3.05) is 52.9 Å². The highest BCUT2D eigenvalue weighted by molar-refractivity contribution is 5.87. The lowest BCUT2D eigenvalue weighted by atomic mass is 9.75. The molecule has 0 amide bonds. The molecule has 0 aromatic heterocycles. The molecule has 57 heavy (non-hydrogen) atoms. The zero-order valence-electron chi connectivity index (χ0n) is 36.4. The molecule has 0 aliphatic carbocycles. The molecule has 0 aliphatic heterocycles. The molecule has 0 spiro atoms. The monoisotopic (exact) mass is 804 g/mol. The van der Waals surface area contributed by atoms with Crippen molar-refractivity contribution >= 4 is 11.9 Å². The van der Waals surface area contributed by atoms with Crippen LogP contribution >= 0.6 is 0 Å². The minimum absolute atomic E-state index is 0.106. The molecule has 14 heteroatoms. The van der Waals surface area contributed by atoms with Crippen molar-refractivity contribution < 1.29 is 66.4 Å². The molecule has 0 aliphatic rings. The summed E-state index contributed by atoms with van der Waals surface area (Å²) in [5, 5.41) is 0. The summed E-state index contributed by atoms with van der Waals surface area (Å²) in [6.07, 6.45) is -2.20. The molecule has 0 bridgehead atoms. The summed E-state index contributed by atoms with van der Waals surface area (Å²) in [6, 6.07) is 0. The molecule has 2 rings (SSSR count). The predicted octanol–water partition coefficient (Wildman–Crippen LogP) is 8.89. The molecule has 0 saturated carbocycles. The first kappa shape index (κ1) is 48.0. The minimum atomic E-state index is -1.19. The standard InChI is InChI=1S/C43H64O14/c1-17-46-31-29(32(47-18-2)36(51-22-6)39(35(31)50-21-5)54-27(13)56-41(44)25(9)10)43(15,16)30-33(48-19-3)37(52-23-7)40(38(53-24-8)34(30)49-20-4)55-28(14)57-42(45)26(11)12/h27-28H,9,11,17-24H2,1-8,10,12-16H3. The van der Waals surface area contributed by atoms with E-state index in [-0.39, 0.29) is 121 Å². The number of carbonyl (C=O) groups is 2. The van der Waals surface area contributed by atoms with Gasteiger partial charge in [0.1, 0.15) is 0 Å². The van der Waals surface area contributed by atoms with E-state index in [0.717, 1.165) is 0 Å². The molecule has 2 unspecified atom stereocenters. The van der Waals surface area contributed by atoms with Crippen LogP contribution in [0.15, 0.2) is 24.3 Å². The van der Waals surface area contributed by atoms with Gasteiger partial charge in [-0.1, -0.05) is 27.0 Å². The van der Waals surface area contributed by atoms with Gasteiger partial charge in [-0.15, -0.1) is 0 Å². The maximum Gasteiger partial charge on any atom is 0.336 e. The molecular weight excluding hydrogens is 740 g/mol. The van der Waals surface area contributed by atoms with Gasteiger partial charge in [0.25, 0.3) is 0 Å². The molecule has 0 fully saturated rings. The first-order valence-electron chi connectivity index (χ1n) is 19.6. The van der Waals surface area contributed by atoms with Crippen LogP contribution in [0.4, 0.5) is 0 Å². The Hall–Kier alpha value is -5.14. The second-order valence-electron chi connectivity index (χ2n) is 12.9. The summed E-state index contributed by atoms with van der Waals surface area (Å²) in [5.41, 5.74) is 0.193. The molecule has 2 aromatic rings. The van der Waals surface area contributed by atoms with E-state index >= 15 is 0 Å². The van der Waals surface area contributed by atoms with Crippen LogP contribution < -0.4 is 47.4 Å². The van der Waals surface area contributed by atoms with Gasteiger partial charge in [0.2, 0.25) is 47.1 Å².